The predicted molar refractivity (Wildman–Crippen MR) is 150 cm³/mol. The molecular weight excluding hydrogens is 557 g/mol. The summed E-state index contributed by atoms with van der Waals surface area (Å²) in [6.45, 7) is 3.08. The van der Waals surface area contributed by atoms with Gasteiger partial charge in [-0.05, 0) is 65.4 Å². The highest BCUT2D eigenvalue weighted by Crippen LogP contribution is 2.29. The average Bonchev–Trinajstić information content (AvgIpc) is 3.56. The number of carbonyl (C=O) groups excluding carboxylic acids is 1. The van der Waals surface area contributed by atoms with Crippen molar-refractivity contribution in [3.05, 3.63) is 81.7 Å². The molecule has 4 aromatic rings. The van der Waals surface area contributed by atoms with Crippen molar-refractivity contribution in [3.8, 4) is 17.3 Å². The van der Waals surface area contributed by atoms with Gasteiger partial charge in [0.2, 0.25) is 17.4 Å². The summed E-state index contributed by atoms with van der Waals surface area (Å²) < 4.78 is 49.3. The zero-order valence-corrected chi connectivity index (χ0v) is 22.9. The number of ether oxygens (including phenoxy) is 1. The van der Waals surface area contributed by atoms with Gasteiger partial charge in [0.15, 0.2) is 11.6 Å². The predicted octanol–water partition coefficient (Wildman–Crippen LogP) is 3.99. The molecule has 9 nitrogen and oxygen atoms in total. The van der Waals surface area contributed by atoms with Crippen LogP contribution in [-0.2, 0) is 4.94 Å². The second-order valence-electron chi connectivity index (χ2n) is 9.31. The van der Waals surface area contributed by atoms with Gasteiger partial charge < -0.3 is 15.5 Å². The second-order valence-corrected chi connectivity index (χ2v) is 10.5. The van der Waals surface area contributed by atoms with Crippen LogP contribution in [0.2, 0.25) is 0 Å². The Kier molecular flexibility index (Phi) is 8.76. The van der Waals surface area contributed by atoms with E-state index in [-0.39, 0.29) is 29.6 Å². The smallest absolute Gasteiger partial charge is 0.219 e. The first kappa shape index (κ1) is 28.5. The van der Waals surface area contributed by atoms with E-state index in [9.17, 15) is 18.1 Å². The van der Waals surface area contributed by atoms with E-state index in [2.05, 4.69) is 24.3 Å². The Balaban J connectivity index is 1.40. The Bertz CT molecular complexity index is 1660. The molecular formula is C28H27F3N6O3S. The summed E-state index contributed by atoms with van der Waals surface area (Å²) in [5, 5.41) is 5.57. The standard InChI is InChI=1S/C28H27F3N6O3S/c1-17-13-25(40-27-20(29)5-4-6-21(27)30)33-16-24(17)37-28(32)19(15-34-37)26(38)23-14-18(8-11-39-31)22(35-23)7-10-36-9-2-3-12-41-36/h4-8,13-16,35H,2-3,9-12,32H2,1H3/b18-8-,22-7+. The number of benzene rings is 1. The zero-order valence-electron chi connectivity index (χ0n) is 22.1. The molecule has 0 radical (unpaired) electrons. The summed E-state index contributed by atoms with van der Waals surface area (Å²) in [5.41, 5.74) is 7.76. The summed E-state index contributed by atoms with van der Waals surface area (Å²) in [6, 6.07) is 6.49. The molecule has 1 aliphatic heterocycles. The van der Waals surface area contributed by atoms with Crippen LogP contribution >= 0.6 is 11.9 Å². The molecule has 3 N–H and O–H groups in total. The Morgan fingerprint density at radius 1 is 1.20 bits per heavy atom. The summed E-state index contributed by atoms with van der Waals surface area (Å²) in [4.78, 5) is 24.4. The lowest BCUT2D eigenvalue weighted by atomic mass is 10.1. The van der Waals surface area contributed by atoms with E-state index < -0.39 is 23.2 Å². The number of ketones is 1. The number of nitrogen functional groups attached to an aromatic ring is 1. The van der Waals surface area contributed by atoms with Crippen molar-refractivity contribution >= 4 is 35.7 Å². The summed E-state index contributed by atoms with van der Waals surface area (Å²) in [7, 11) is 0. The number of aryl methyl sites for hydroxylation is 1. The molecule has 0 amide bonds. The maximum atomic E-state index is 14.0. The number of aromatic nitrogens is 4. The van der Waals surface area contributed by atoms with Crippen LogP contribution in [0.4, 0.5) is 19.1 Å². The molecule has 5 rings (SSSR count). The summed E-state index contributed by atoms with van der Waals surface area (Å²) >= 11 is 1.77. The van der Waals surface area contributed by atoms with E-state index in [1.807, 2.05) is 6.08 Å². The van der Waals surface area contributed by atoms with E-state index in [0.29, 0.717) is 28.4 Å². The number of anilines is 1. The molecule has 1 aliphatic rings. The molecule has 0 unspecified atom stereocenters. The molecule has 4 heterocycles. The molecule has 0 atom stereocenters. The van der Waals surface area contributed by atoms with Gasteiger partial charge >= 0.3 is 0 Å². The fraction of sp³-hybridized carbons (Fsp3) is 0.250. The maximum absolute atomic E-state index is 14.0. The van der Waals surface area contributed by atoms with Gasteiger partial charge in [0.05, 0.1) is 29.3 Å². The largest absolute Gasteiger partial charge is 0.433 e. The Morgan fingerprint density at radius 2 is 2.00 bits per heavy atom. The third-order valence-electron chi connectivity index (χ3n) is 6.53. The maximum Gasteiger partial charge on any atom is 0.219 e. The van der Waals surface area contributed by atoms with E-state index >= 15 is 0 Å². The third-order valence-corrected chi connectivity index (χ3v) is 7.70. The number of halogens is 3. The molecule has 0 spiro atoms. The fourth-order valence-corrected chi connectivity index (χ4v) is 5.44. The van der Waals surface area contributed by atoms with Crippen molar-refractivity contribution in [1.29, 1.82) is 0 Å². The minimum atomic E-state index is -0.860. The number of nitrogens with one attached hydrogen (secondary N) is 1. The number of H-pyrrole nitrogens is 1. The third kappa shape index (κ3) is 6.32. The number of nitrogens with zero attached hydrogens (tertiary/aromatic N) is 4. The fourth-order valence-electron chi connectivity index (χ4n) is 4.41. The number of aromatic amines is 1. The van der Waals surface area contributed by atoms with Crippen molar-refractivity contribution in [1.82, 2.24) is 24.1 Å². The van der Waals surface area contributed by atoms with Gasteiger partial charge in [0.1, 0.15) is 12.4 Å². The minimum absolute atomic E-state index is 0.0311. The van der Waals surface area contributed by atoms with E-state index in [4.69, 9.17) is 10.5 Å². The van der Waals surface area contributed by atoms with Gasteiger partial charge in [-0.3, -0.25) is 4.79 Å². The number of hydrogen-bond acceptors (Lipinski definition) is 8. The molecule has 0 aliphatic carbocycles. The van der Waals surface area contributed by atoms with E-state index in [1.54, 1.807) is 31.0 Å². The van der Waals surface area contributed by atoms with Crippen molar-refractivity contribution in [2.45, 2.75) is 19.8 Å². The normalized spacial score (nSPS) is 15.0. The first-order valence-electron chi connectivity index (χ1n) is 12.8. The van der Waals surface area contributed by atoms with E-state index in [1.165, 1.54) is 35.6 Å². The Morgan fingerprint density at radius 3 is 2.71 bits per heavy atom. The first-order valence-corrected chi connectivity index (χ1v) is 13.8. The highest BCUT2D eigenvalue weighted by atomic mass is 32.2. The highest BCUT2D eigenvalue weighted by Gasteiger charge is 2.21. The molecule has 1 saturated heterocycles. The average molecular weight is 585 g/mol. The lowest BCUT2D eigenvalue weighted by Gasteiger charge is -2.23. The Hall–Kier alpha value is -4.07. The SMILES string of the molecule is Cc1cc(Oc2c(F)cccc2F)ncc1-n1ncc(C(=O)c2cc(=C/COF)/c(=C\CN3CCCCS3)[nH]2)c1N. The van der Waals surface area contributed by atoms with Crippen LogP contribution in [0.15, 0.2) is 42.7 Å². The number of nitrogens with two attached hydrogens (primary N) is 1. The van der Waals surface area contributed by atoms with Crippen molar-refractivity contribution in [2.75, 3.05) is 31.2 Å². The molecule has 1 fully saturated rings. The Labute approximate surface area is 237 Å². The van der Waals surface area contributed by atoms with Gasteiger partial charge in [-0.25, -0.2) is 22.8 Å². The monoisotopic (exact) mass is 584 g/mol. The lowest BCUT2D eigenvalue weighted by molar-refractivity contribution is -0.113. The minimum Gasteiger partial charge on any atom is -0.433 e. The summed E-state index contributed by atoms with van der Waals surface area (Å²) in [6.07, 6.45) is 8.54. The lowest BCUT2D eigenvalue weighted by Crippen LogP contribution is -2.28. The molecule has 1 aromatic carbocycles. The van der Waals surface area contributed by atoms with Gasteiger partial charge in [0, 0.05) is 30.3 Å². The summed E-state index contributed by atoms with van der Waals surface area (Å²) in [5.74, 6) is -1.59. The molecule has 214 valence electrons. The van der Waals surface area contributed by atoms with Crippen LogP contribution < -0.4 is 21.0 Å². The topological polar surface area (TPSA) is 111 Å². The van der Waals surface area contributed by atoms with Gasteiger partial charge in [0.25, 0.3) is 0 Å². The van der Waals surface area contributed by atoms with Crippen LogP contribution in [0, 0.1) is 18.6 Å². The highest BCUT2D eigenvalue weighted by molar-refractivity contribution is 7.97. The van der Waals surface area contributed by atoms with Crippen LogP contribution in [0.5, 0.6) is 11.6 Å². The van der Waals surface area contributed by atoms with Crippen LogP contribution in [0.1, 0.15) is 34.5 Å². The van der Waals surface area contributed by atoms with Crippen molar-refractivity contribution in [2.24, 2.45) is 0 Å². The second kappa shape index (κ2) is 12.6. The molecule has 3 aromatic heterocycles. The molecule has 0 saturated carbocycles. The van der Waals surface area contributed by atoms with Crippen molar-refractivity contribution < 1.29 is 27.8 Å². The van der Waals surface area contributed by atoms with E-state index in [0.717, 1.165) is 30.9 Å². The number of para-hydroxylation sites is 1. The van der Waals surface area contributed by atoms with Gasteiger partial charge in [-0.1, -0.05) is 18.0 Å². The molecule has 41 heavy (non-hydrogen) atoms. The number of rotatable bonds is 9. The number of pyridine rings is 1. The van der Waals surface area contributed by atoms with Crippen LogP contribution in [-0.4, -0.2) is 55.3 Å². The van der Waals surface area contributed by atoms with Crippen molar-refractivity contribution in [3.63, 3.8) is 0 Å². The quantitative estimate of drug-likeness (QED) is 0.225. The molecule has 13 heteroatoms. The van der Waals surface area contributed by atoms with Gasteiger partial charge in [-0.2, -0.15) is 10.0 Å². The number of carbonyl (C=O) groups is 1. The molecule has 0 bridgehead atoms. The van der Waals surface area contributed by atoms with Crippen LogP contribution in [0.3, 0.4) is 0 Å². The first-order chi connectivity index (χ1) is 19.9. The number of hydrogen-bond donors (Lipinski definition) is 2. The zero-order chi connectivity index (χ0) is 28.9. The van der Waals surface area contributed by atoms with Crippen LogP contribution in [0.25, 0.3) is 17.8 Å². The van der Waals surface area contributed by atoms with Gasteiger partial charge in [-0.15, -0.1) is 0 Å².